The summed E-state index contributed by atoms with van der Waals surface area (Å²) in [6.45, 7) is 10.0. The summed E-state index contributed by atoms with van der Waals surface area (Å²) >= 11 is 6.23. The number of benzene rings is 2. The van der Waals surface area contributed by atoms with Crippen molar-refractivity contribution in [1.29, 1.82) is 0 Å². The van der Waals surface area contributed by atoms with Gasteiger partial charge in [0.1, 0.15) is 6.04 Å². The highest BCUT2D eigenvalue weighted by Gasteiger charge is 2.29. The molecule has 0 spiro atoms. The summed E-state index contributed by atoms with van der Waals surface area (Å²) in [4.78, 5) is 28.2. The van der Waals surface area contributed by atoms with Crippen LogP contribution < -0.4 is 9.62 Å². The molecule has 1 N–H and O–H groups in total. The third-order valence-corrected chi connectivity index (χ3v) is 8.11. The van der Waals surface area contributed by atoms with Crippen molar-refractivity contribution < 1.29 is 18.0 Å². The molecule has 37 heavy (non-hydrogen) atoms. The van der Waals surface area contributed by atoms with E-state index in [2.05, 4.69) is 5.32 Å². The topological polar surface area (TPSA) is 86.8 Å². The third-order valence-electron chi connectivity index (χ3n) is 6.52. The zero-order valence-electron chi connectivity index (χ0n) is 22.8. The van der Waals surface area contributed by atoms with Crippen molar-refractivity contribution in [3.05, 3.63) is 64.2 Å². The van der Waals surface area contributed by atoms with Crippen LogP contribution >= 0.6 is 11.6 Å². The molecule has 2 atom stereocenters. The molecule has 0 fully saturated rings. The van der Waals surface area contributed by atoms with E-state index >= 15 is 0 Å². The molecule has 2 amide bonds. The van der Waals surface area contributed by atoms with Crippen LogP contribution in [-0.4, -0.2) is 50.0 Å². The second kappa shape index (κ2) is 13.8. The molecule has 2 aromatic carbocycles. The summed E-state index contributed by atoms with van der Waals surface area (Å²) in [5, 5.41) is 3.48. The Morgan fingerprint density at radius 3 is 2.24 bits per heavy atom. The lowest BCUT2D eigenvalue weighted by Crippen LogP contribution is -2.50. The van der Waals surface area contributed by atoms with Crippen LogP contribution in [0.1, 0.15) is 63.1 Å². The molecule has 0 aliphatic carbocycles. The van der Waals surface area contributed by atoms with Crippen LogP contribution in [0.3, 0.4) is 0 Å². The van der Waals surface area contributed by atoms with E-state index in [9.17, 15) is 18.0 Å². The standard InChI is InChI=1S/C28H40ClN3O4S/c1-7-21(4)30-28(34)25(8-2)31(19-23-16-14-20(3)15-17-23)27(33)13-10-18-32(37(6,35)36)26-12-9-11-24(29)22(26)5/h9,11-12,14-17,21,25H,7-8,10,13,18-19H2,1-6H3,(H,30,34)/t21-,25-/m1/s1. The molecule has 0 unspecified atom stereocenters. The molecule has 2 aromatic rings. The van der Waals surface area contributed by atoms with E-state index in [1.165, 1.54) is 4.31 Å². The molecular weight excluding hydrogens is 510 g/mol. The van der Waals surface area contributed by atoms with Gasteiger partial charge in [0.05, 0.1) is 11.9 Å². The summed E-state index contributed by atoms with van der Waals surface area (Å²) in [7, 11) is -3.59. The Hall–Kier alpha value is -2.58. The van der Waals surface area contributed by atoms with E-state index in [-0.39, 0.29) is 30.8 Å². The first-order valence-corrected chi connectivity index (χ1v) is 15.0. The number of rotatable bonds is 13. The smallest absolute Gasteiger partial charge is 0.243 e. The summed E-state index contributed by atoms with van der Waals surface area (Å²) in [5.74, 6) is -0.368. The van der Waals surface area contributed by atoms with Crippen molar-refractivity contribution >= 4 is 39.1 Å². The second-order valence-corrected chi connectivity index (χ2v) is 11.9. The summed E-state index contributed by atoms with van der Waals surface area (Å²) in [6.07, 6.45) is 2.80. The Morgan fingerprint density at radius 1 is 1.03 bits per heavy atom. The number of carbonyl (C=O) groups excluding carboxylic acids is 2. The summed E-state index contributed by atoms with van der Waals surface area (Å²) < 4.78 is 26.5. The molecule has 0 saturated heterocycles. The number of nitrogens with one attached hydrogen (secondary N) is 1. The van der Waals surface area contributed by atoms with Gasteiger partial charge in [-0.3, -0.25) is 13.9 Å². The molecular formula is C28H40ClN3O4S. The number of amides is 2. The number of hydrogen-bond donors (Lipinski definition) is 1. The highest BCUT2D eigenvalue weighted by atomic mass is 35.5. The lowest BCUT2D eigenvalue weighted by molar-refractivity contribution is -0.141. The van der Waals surface area contributed by atoms with Crippen molar-refractivity contribution in [2.75, 3.05) is 17.1 Å². The lowest BCUT2D eigenvalue weighted by atomic mass is 10.1. The number of nitrogens with zero attached hydrogens (tertiary/aromatic N) is 2. The molecule has 7 nitrogen and oxygen atoms in total. The first-order chi connectivity index (χ1) is 17.4. The van der Waals surface area contributed by atoms with Gasteiger partial charge in [0, 0.05) is 30.6 Å². The normalized spacial score (nSPS) is 13.1. The molecule has 0 aromatic heterocycles. The fourth-order valence-electron chi connectivity index (χ4n) is 4.10. The Balaban J connectivity index is 2.25. The highest BCUT2D eigenvalue weighted by molar-refractivity contribution is 7.92. The van der Waals surface area contributed by atoms with Gasteiger partial charge < -0.3 is 10.2 Å². The van der Waals surface area contributed by atoms with E-state index in [1.807, 2.05) is 52.0 Å². The molecule has 0 saturated carbocycles. The SMILES string of the molecule is CC[C@@H](C)NC(=O)[C@@H](CC)N(Cc1ccc(C)cc1)C(=O)CCCN(c1cccc(Cl)c1C)S(C)(=O)=O. The van der Waals surface area contributed by atoms with Gasteiger partial charge in [-0.2, -0.15) is 0 Å². The van der Waals surface area contributed by atoms with E-state index < -0.39 is 16.1 Å². The molecule has 0 bridgehead atoms. The van der Waals surface area contributed by atoms with Gasteiger partial charge in [0.15, 0.2) is 0 Å². The second-order valence-electron chi connectivity index (χ2n) is 9.57. The van der Waals surface area contributed by atoms with Gasteiger partial charge >= 0.3 is 0 Å². The molecule has 9 heteroatoms. The van der Waals surface area contributed by atoms with Gasteiger partial charge in [0.2, 0.25) is 21.8 Å². The highest BCUT2D eigenvalue weighted by Crippen LogP contribution is 2.28. The maximum atomic E-state index is 13.5. The van der Waals surface area contributed by atoms with Crippen LogP contribution in [0.2, 0.25) is 5.02 Å². The van der Waals surface area contributed by atoms with Gasteiger partial charge in [0.25, 0.3) is 0 Å². The van der Waals surface area contributed by atoms with E-state index in [0.29, 0.717) is 35.7 Å². The van der Waals surface area contributed by atoms with Crippen molar-refractivity contribution in [2.24, 2.45) is 0 Å². The van der Waals surface area contributed by atoms with Gasteiger partial charge in [-0.1, -0.05) is 61.3 Å². The minimum Gasteiger partial charge on any atom is -0.352 e. The van der Waals surface area contributed by atoms with E-state index in [4.69, 9.17) is 11.6 Å². The number of carbonyl (C=O) groups is 2. The van der Waals surface area contributed by atoms with Gasteiger partial charge in [-0.25, -0.2) is 8.42 Å². The molecule has 0 heterocycles. The number of aryl methyl sites for hydroxylation is 1. The molecule has 0 radical (unpaired) electrons. The third kappa shape index (κ3) is 8.75. The maximum absolute atomic E-state index is 13.5. The Labute approximate surface area is 227 Å². The monoisotopic (exact) mass is 549 g/mol. The zero-order chi connectivity index (χ0) is 27.8. The fourth-order valence-corrected chi connectivity index (χ4v) is 5.28. The van der Waals surface area contributed by atoms with Gasteiger partial charge in [-0.05, 0) is 63.3 Å². The van der Waals surface area contributed by atoms with Crippen molar-refractivity contribution in [1.82, 2.24) is 10.2 Å². The zero-order valence-corrected chi connectivity index (χ0v) is 24.3. The van der Waals surface area contributed by atoms with Crippen molar-refractivity contribution in [2.45, 2.75) is 78.9 Å². The Kier molecular flexibility index (Phi) is 11.4. The summed E-state index contributed by atoms with van der Waals surface area (Å²) in [5.41, 5.74) is 3.20. The molecule has 0 aliphatic rings. The van der Waals surface area contributed by atoms with Crippen LogP contribution in [0.15, 0.2) is 42.5 Å². The van der Waals surface area contributed by atoms with Gasteiger partial charge in [-0.15, -0.1) is 0 Å². The average Bonchev–Trinajstić information content (AvgIpc) is 2.84. The minimum atomic E-state index is -3.59. The quantitative estimate of drug-likeness (QED) is 0.371. The Bertz CT molecular complexity index is 1170. The molecule has 2 rings (SSSR count). The average molecular weight is 550 g/mol. The largest absolute Gasteiger partial charge is 0.352 e. The predicted octanol–water partition coefficient (Wildman–Crippen LogP) is 5.23. The summed E-state index contributed by atoms with van der Waals surface area (Å²) in [6, 6.07) is 12.4. The predicted molar refractivity (Wildman–Crippen MR) is 151 cm³/mol. The maximum Gasteiger partial charge on any atom is 0.243 e. The number of sulfonamides is 1. The van der Waals surface area contributed by atoms with Crippen LogP contribution in [0.25, 0.3) is 0 Å². The molecule has 0 aliphatic heterocycles. The van der Waals surface area contributed by atoms with Crippen molar-refractivity contribution in [3.63, 3.8) is 0 Å². The van der Waals surface area contributed by atoms with E-state index in [0.717, 1.165) is 23.8 Å². The fraction of sp³-hybridized carbons (Fsp3) is 0.500. The molecule has 204 valence electrons. The van der Waals surface area contributed by atoms with Crippen molar-refractivity contribution in [3.8, 4) is 0 Å². The Morgan fingerprint density at radius 2 is 1.68 bits per heavy atom. The van der Waals surface area contributed by atoms with Crippen LogP contribution in [0, 0.1) is 13.8 Å². The van der Waals surface area contributed by atoms with E-state index in [1.54, 1.807) is 30.0 Å². The first-order valence-electron chi connectivity index (χ1n) is 12.8. The lowest BCUT2D eigenvalue weighted by Gasteiger charge is -2.32. The van der Waals surface area contributed by atoms with Crippen LogP contribution in [-0.2, 0) is 26.2 Å². The number of anilines is 1. The number of hydrogen-bond acceptors (Lipinski definition) is 4. The first kappa shape index (κ1) is 30.6. The minimum absolute atomic E-state index is 0.00197. The van der Waals surface area contributed by atoms with Crippen LogP contribution in [0.5, 0.6) is 0 Å². The van der Waals surface area contributed by atoms with Crippen LogP contribution in [0.4, 0.5) is 5.69 Å². The number of halogens is 1.